The number of H-pyrrole nitrogens is 1. The third kappa shape index (κ3) is 2.83. The number of rotatable bonds is 3. The summed E-state index contributed by atoms with van der Waals surface area (Å²) in [4.78, 5) is 6.17. The summed E-state index contributed by atoms with van der Waals surface area (Å²) in [6.45, 7) is 6.11. The summed E-state index contributed by atoms with van der Waals surface area (Å²) >= 11 is 3.57. The van der Waals surface area contributed by atoms with Gasteiger partial charge in [-0.25, -0.2) is 0 Å². The van der Waals surface area contributed by atoms with Crippen molar-refractivity contribution in [1.82, 2.24) is 15.2 Å². The smallest absolute Gasteiger partial charge is 0.0594 e. The summed E-state index contributed by atoms with van der Waals surface area (Å²) in [5.74, 6) is 0. The molecule has 1 aromatic heterocycles. The van der Waals surface area contributed by atoms with Gasteiger partial charge in [0, 0.05) is 46.7 Å². The van der Waals surface area contributed by atoms with E-state index in [1.807, 2.05) is 0 Å². The van der Waals surface area contributed by atoms with E-state index in [0.29, 0.717) is 6.04 Å². The summed E-state index contributed by atoms with van der Waals surface area (Å²) in [6, 6.07) is 7.00. The maximum absolute atomic E-state index is 5.43. The van der Waals surface area contributed by atoms with Gasteiger partial charge in [0.05, 0.1) is 13.2 Å². The van der Waals surface area contributed by atoms with Crippen LogP contribution in [-0.4, -0.2) is 49.3 Å². The lowest BCUT2D eigenvalue weighted by molar-refractivity contribution is 0.0360. The van der Waals surface area contributed by atoms with Crippen LogP contribution in [0.3, 0.4) is 0 Å². The van der Waals surface area contributed by atoms with Gasteiger partial charge in [-0.3, -0.25) is 4.90 Å². The van der Waals surface area contributed by atoms with Crippen LogP contribution in [0, 0.1) is 0 Å². The van der Waals surface area contributed by atoms with Crippen molar-refractivity contribution in [3.63, 3.8) is 0 Å². The highest BCUT2D eigenvalue weighted by atomic mass is 79.9. The van der Waals surface area contributed by atoms with Crippen molar-refractivity contribution < 1.29 is 4.74 Å². The van der Waals surface area contributed by atoms with Gasteiger partial charge in [0.15, 0.2) is 0 Å². The molecule has 0 radical (unpaired) electrons. The summed E-state index contributed by atoms with van der Waals surface area (Å²) in [5.41, 5.74) is 4.15. The third-order valence-corrected chi connectivity index (χ3v) is 5.35. The minimum Gasteiger partial charge on any atom is -0.379 e. The Labute approximate surface area is 139 Å². The molecule has 5 heteroatoms. The van der Waals surface area contributed by atoms with Crippen LogP contribution >= 0.6 is 15.9 Å². The fourth-order valence-electron chi connectivity index (χ4n) is 3.67. The highest BCUT2D eigenvalue weighted by molar-refractivity contribution is 9.10. The Hall–Kier alpha value is -0.880. The van der Waals surface area contributed by atoms with Crippen molar-refractivity contribution in [3.05, 3.63) is 33.9 Å². The molecule has 1 fully saturated rings. The maximum Gasteiger partial charge on any atom is 0.0594 e. The summed E-state index contributed by atoms with van der Waals surface area (Å²) in [7, 11) is 0. The van der Waals surface area contributed by atoms with Crippen molar-refractivity contribution >= 4 is 26.8 Å². The SMILES string of the molecule is Brc1ccc2c3c([nH]c2c1)[C@@H](CCN1CCOCC1)NCC3. The zero-order valence-electron chi connectivity index (χ0n) is 12.7. The number of benzene rings is 1. The highest BCUT2D eigenvalue weighted by Gasteiger charge is 2.24. The van der Waals surface area contributed by atoms with Crippen LogP contribution < -0.4 is 5.32 Å². The van der Waals surface area contributed by atoms with E-state index in [4.69, 9.17) is 4.74 Å². The molecule has 2 N–H and O–H groups in total. The Morgan fingerprint density at radius 1 is 1.27 bits per heavy atom. The number of nitrogens with zero attached hydrogens (tertiary/aromatic N) is 1. The van der Waals surface area contributed by atoms with E-state index < -0.39 is 0 Å². The standard InChI is InChI=1S/C17H22BrN3O/c18-12-1-2-13-14-3-5-19-15(17(14)20-16(13)11-12)4-6-21-7-9-22-10-8-21/h1-2,11,15,19-20H,3-10H2/t15-/m1/s1. The van der Waals surface area contributed by atoms with Crippen molar-refractivity contribution in [3.8, 4) is 0 Å². The molecular formula is C17H22BrN3O. The zero-order chi connectivity index (χ0) is 14.9. The number of morpholine rings is 1. The maximum atomic E-state index is 5.43. The molecule has 1 aromatic carbocycles. The van der Waals surface area contributed by atoms with Gasteiger partial charge < -0.3 is 15.0 Å². The Balaban J connectivity index is 1.54. The molecule has 0 amide bonds. The van der Waals surface area contributed by atoms with Gasteiger partial charge in [-0.2, -0.15) is 0 Å². The first kappa shape index (κ1) is 14.7. The lowest BCUT2D eigenvalue weighted by Gasteiger charge is -2.30. The Bertz CT molecular complexity index is 663. The Morgan fingerprint density at radius 2 is 2.14 bits per heavy atom. The molecule has 118 valence electrons. The minimum atomic E-state index is 0.442. The highest BCUT2D eigenvalue weighted by Crippen LogP contribution is 2.32. The van der Waals surface area contributed by atoms with Gasteiger partial charge >= 0.3 is 0 Å². The van der Waals surface area contributed by atoms with Crippen LogP contribution in [0.1, 0.15) is 23.7 Å². The average Bonchev–Trinajstić information content (AvgIpc) is 2.92. The van der Waals surface area contributed by atoms with E-state index in [2.05, 4.69) is 49.3 Å². The predicted octanol–water partition coefficient (Wildman–Crippen LogP) is 2.84. The van der Waals surface area contributed by atoms with E-state index in [1.54, 1.807) is 0 Å². The van der Waals surface area contributed by atoms with Gasteiger partial charge in [-0.1, -0.05) is 22.0 Å². The minimum absolute atomic E-state index is 0.442. The molecule has 2 aliphatic rings. The lowest BCUT2D eigenvalue weighted by atomic mass is 9.97. The molecule has 22 heavy (non-hydrogen) atoms. The average molecular weight is 364 g/mol. The van der Waals surface area contributed by atoms with Gasteiger partial charge in [-0.15, -0.1) is 0 Å². The number of hydrogen-bond acceptors (Lipinski definition) is 3. The number of hydrogen-bond donors (Lipinski definition) is 2. The molecule has 0 aliphatic carbocycles. The molecular weight excluding hydrogens is 342 g/mol. The van der Waals surface area contributed by atoms with Crippen molar-refractivity contribution in [2.45, 2.75) is 18.9 Å². The summed E-state index contributed by atoms with van der Waals surface area (Å²) < 4.78 is 6.57. The molecule has 4 nitrogen and oxygen atoms in total. The third-order valence-electron chi connectivity index (χ3n) is 4.85. The topological polar surface area (TPSA) is 40.3 Å². The lowest BCUT2D eigenvalue weighted by Crippen LogP contribution is -2.39. The number of fused-ring (bicyclic) bond motifs is 3. The monoisotopic (exact) mass is 363 g/mol. The quantitative estimate of drug-likeness (QED) is 0.880. The first-order chi connectivity index (χ1) is 10.8. The largest absolute Gasteiger partial charge is 0.379 e. The van der Waals surface area contributed by atoms with Gasteiger partial charge in [-0.05, 0) is 37.1 Å². The molecule has 2 aliphatic heterocycles. The molecule has 1 atom stereocenters. The zero-order valence-corrected chi connectivity index (χ0v) is 14.3. The number of halogens is 1. The van der Waals surface area contributed by atoms with Crippen LogP contribution in [0.15, 0.2) is 22.7 Å². The fraction of sp³-hybridized carbons (Fsp3) is 0.529. The molecule has 4 rings (SSSR count). The van der Waals surface area contributed by atoms with Crippen LogP contribution in [0.25, 0.3) is 10.9 Å². The number of nitrogens with one attached hydrogen (secondary N) is 2. The molecule has 0 unspecified atom stereocenters. The van der Waals surface area contributed by atoms with Crippen molar-refractivity contribution in [2.24, 2.45) is 0 Å². The molecule has 3 heterocycles. The summed E-state index contributed by atoms with van der Waals surface area (Å²) in [5, 5.41) is 5.07. The van der Waals surface area contributed by atoms with Gasteiger partial charge in [0.2, 0.25) is 0 Å². The van der Waals surface area contributed by atoms with Crippen LogP contribution in [0.4, 0.5) is 0 Å². The second-order valence-electron chi connectivity index (χ2n) is 6.21. The molecule has 0 saturated carbocycles. The molecule has 2 aromatic rings. The van der Waals surface area contributed by atoms with E-state index in [-0.39, 0.29) is 0 Å². The Kier molecular flexibility index (Phi) is 4.22. The molecule has 1 saturated heterocycles. The second kappa shape index (κ2) is 6.32. The van der Waals surface area contributed by atoms with Crippen LogP contribution in [0.2, 0.25) is 0 Å². The number of aromatic amines is 1. The van der Waals surface area contributed by atoms with E-state index in [9.17, 15) is 0 Å². The van der Waals surface area contributed by atoms with Gasteiger partial charge in [0.25, 0.3) is 0 Å². The van der Waals surface area contributed by atoms with E-state index >= 15 is 0 Å². The molecule has 0 bridgehead atoms. The van der Waals surface area contributed by atoms with E-state index in [0.717, 1.165) is 56.7 Å². The Morgan fingerprint density at radius 3 is 3.00 bits per heavy atom. The van der Waals surface area contributed by atoms with E-state index in [1.165, 1.54) is 22.2 Å². The number of aromatic nitrogens is 1. The van der Waals surface area contributed by atoms with Crippen molar-refractivity contribution in [2.75, 3.05) is 39.4 Å². The first-order valence-corrected chi connectivity index (χ1v) is 8.94. The first-order valence-electron chi connectivity index (χ1n) is 8.15. The second-order valence-corrected chi connectivity index (χ2v) is 7.12. The van der Waals surface area contributed by atoms with Crippen LogP contribution in [-0.2, 0) is 11.2 Å². The van der Waals surface area contributed by atoms with Gasteiger partial charge in [0.1, 0.15) is 0 Å². The molecule has 0 spiro atoms. The predicted molar refractivity (Wildman–Crippen MR) is 92.3 cm³/mol. The normalized spacial score (nSPS) is 22.9. The fourth-order valence-corrected chi connectivity index (χ4v) is 4.03. The van der Waals surface area contributed by atoms with Crippen molar-refractivity contribution in [1.29, 1.82) is 0 Å². The van der Waals surface area contributed by atoms with Crippen LogP contribution in [0.5, 0.6) is 0 Å². The number of ether oxygens (including phenoxy) is 1. The summed E-state index contributed by atoms with van der Waals surface area (Å²) in [6.07, 6.45) is 2.27.